The lowest BCUT2D eigenvalue weighted by molar-refractivity contribution is -0.873. The van der Waals surface area contributed by atoms with Crippen LogP contribution in [-0.4, -0.2) is 44.4 Å². The van der Waals surface area contributed by atoms with E-state index in [2.05, 4.69) is 0 Å². The fourth-order valence-corrected chi connectivity index (χ4v) is 1.01. The van der Waals surface area contributed by atoms with Gasteiger partial charge < -0.3 is 15.0 Å². The van der Waals surface area contributed by atoms with Crippen molar-refractivity contribution >= 4 is 6.09 Å². The van der Waals surface area contributed by atoms with E-state index in [-0.39, 0.29) is 6.10 Å². The Bertz CT molecular complexity index is 141. The highest BCUT2D eigenvalue weighted by atomic mass is 16.6. The van der Waals surface area contributed by atoms with E-state index in [1.54, 1.807) is 0 Å². The van der Waals surface area contributed by atoms with Gasteiger partial charge in [-0.3, -0.25) is 0 Å². The largest absolute Gasteiger partial charge is 0.441 e. The summed E-state index contributed by atoms with van der Waals surface area (Å²) in [6.45, 7) is 6.59. The molecule has 0 aliphatic heterocycles. The van der Waals surface area contributed by atoms with Crippen LogP contribution >= 0.6 is 0 Å². The molecule has 0 aliphatic rings. The molecule has 4 nitrogen and oxygen atoms in total. The van der Waals surface area contributed by atoms with Crippen LogP contribution in [0.4, 0.5) is 4.79 Å². The second-order valence-electron chi connectivity index (χ2n) is 3.72. The molecule has 0 bridgehead atoms. The maximum atomic E-state index is 10.3. The molecule has 0 saturated carbocycles. The monoisotopic (exact) mass is 191 g/mol. The van der Waals surface area contributed by atoms with Gasteiger partial charge in [0.15, 0.2) is 0 Å². The number of carbonyl (C=O) groups excluding carboxylic acids is 1. The molecule has 80 valence electrons. The zero-order valence-corrected chi connectivity index (χ0v) is 9.63. The van der Waals surface area contributed by atoms with E-state index in [0.717, 1.165) is 11.0 Å². The summed E-state index contributed by atoms with van der Waals surface area (Å²) in [5.41, 5.74) is 4.84. The first-order chi connectivity index (χ1) is 5.81. The molecule has 0 saturated heterocycles. The number of primary amides is 1. The number of hydrogen-bond donors (Lipinski definition) is 1. The molecule has 0 spiro atoms. The minimum Gasteiger partial charge on any atom is -0.441 e. The van der Waals surface area contributed by atoms with Crippen molar-refractivity contribution in [3.05, 3.63) is 0 Å². The number of nitrogens with zero attached hydrogens (tertiary/aromatic N) is 1. The van der Waals surface area contributed by atoms with Crippen LogP contribution in [0.25, 0.3) is 0 Å². The number of hydrogen-bond acceptors (Lipinski definition) is 2. The Kier molecular flexibility index (Phi) is 7.61. The summed E-state index contributed by atoms with van der Waals surface area (Å²) in [6.07, 6.45) is -0.821. The van der Waals surface area contributed by atoms with Gasteiger partial charge in [-0.2, -0.15) is 0 Å². The van der Waals surface area contributed by atoms with E-state index in [1.165, 1.54) is 0 Å². The van der Waals surface area contributed by atoms with Crippen LogP contribution in [0, 0.1) is 0 Å². The lowest BCUT2D eigenvalue weighted by atomic mass is 10.3. The molecule has 0 radical (unpaired) electrons. The highest BCUT2D eigenvalue weighted by Gasteiger charge is 2.15. The van der Waals surface area contributed by atoms with Gasteiger partial charge in [0.1, 0.15) is 12.6 Å². The Balaban J connectivity index is 0. The van der Waals surface area contributed by atoms with Gasteiger partial charge in [-0.1, -0.05) is 13.8 Å². The molecule has 4 heteroatoms. The molecule has 1 unspecified atom stereocenters. The number of likely N-dealkylation sites (N-methyl/N-ethyl adjacent to an activating group) is 1. The highest BCUT2D eigenvalue weighted by molar-refractivity contribution is 5.64. The van der Waals surface area contributed by atoms with E-state index >= 15 is 0 Å². The molecular formula is C9H23N2O2+. The molecule has 13 heavy (non-hydrogen) atoms. The third-order valence-electron chi connectivity index (χ3n) is 1.12. The van der Waals surface area contributed by atoms with Gasteiger partial charge in [-0.25, -0.2) is 4.79 Å². The fraction of sp³-hybridized carbons (Fsp3) is 0.889. The Labute approximate surface area is 81.2 Å². The minimum absolute atomic E-state index is 0.118. The van der Waals surface area contributed by atoms with Gasteiger partial charge in [-0.05, 0) is 6.92 Å². The van der Waals surface area contributed by atoms with E-state index in [9.17, 15) is 4.79 Å². The number of carbonyl (C=O) groups is 1. The van der Waals surface area contributed by atoms with E-state index in [0.29, 0.717) is 0 Å². The topological polar surface area (TPSA) is 52.3 Å². The standard InChI is InChI=1S/C7H16N2O2.C2H6/c1-6(11-7(8)10)5-9(2,3)4;1-2/h6H,5H2,1-4H3,(H-,8,10);1-2H3/p+1. The average molecular weight is 191 g/mol. The molecule has 0 fully saturated rings. The summed E-state index contributed by atoms with van der Waals surface area (Å²) in [5.74, 6) is 0. The SMILES string of the molecule is CC.CC(C[N+](C)(C)C)OC(N)=O. The first kappa shape index (κ1) is 14.7. The van der Waals surface area contributed by atoms with Gasteiger partial charge in [0.25, 0.3) is 0 Å². The maximum Gasteiger partial charge on any atom is 0.404 e. The van der Waals surface area contributed by atoms with E-state index in [1.807, 2.05) is 41.9 Å². The van der Waals surface area contributed by atoms with Crippen molar-refractivity contribution in [1.29, 1.82) is 0 Å². The quantitative estimate of drug-likeness (QED) is 0.681. The zero-order valence-electron chi connectivity index (χ0n) is 9.63. The van der Waals surface area contributed by atoms with Crippen molar-refractivity contribution in [2.45, 2.75) is 26.9 Å². The van der Waals surface area contributed by atoms with Crippen molar-refractivity contribution in [3.63, 3.8) is 0 Å². The van der Waals surface area contributed by atoms with Gasteiger partial charge in [0.05, 0.1) is 21.1 Å². The molecule has 0 heterocycles. The van der Waals surface area contributed by atoms with Crippen LogP contribution in [0.3, 0.4) is 0 Å². The fourth-order valence-electron chi connectivity index (χ4n) is 1.01. The highest BCUT2D eigenvalue weighted by Crippen LogP contribution is 1.97. The van der Waals surface area contributed by atoms with Crippen LogP contribution in [-0.2, 0) is 4.74 Å². The summed E-state index contributed by atoms with van der Waals surface area (Å²) in [7, 11) is 6.09. The molecular weight excluding hydrogens is 168 g/mol. The average Bonchev–Trinajstić information content (AvgIpc) is 1.85. The molecule has 0 aliphatic carbocycles. The summed E-state index contributed by atoms with van der Waals surface area (Å²) in [5, 5.41) is 0. The van der Waals surface area contributed by atoms with Crippen molar-refractivity contribution < 1.29 is 14.0 Å². The van der Waals surface area contributed by atoms with Crippen LogP contribution in [0.1, 0.15) is 20.8 Å². The van der Waals surface area contributed by atoms with Crippen molar-refractivity contribution in [1.82, 2.24) is 0 Å². The summed E-state index contributed by atoms with van der Waals surface area (Å²) in [4.78, 5) is 10.3. The number of ether oxygens (including phenoxy) is 1. The molecule has 1 atom stereocenters. The number of quaternary nitrogens is 1. The van der Waals surface area contributed by atoms with Crippen LogP contribution in [0.5, 0.6) is 0 Å². The first-order valence-corrected chi connectivity index (χ1v) is 4.58. The molecule has 0 aromatic heterocycles. The van der Waals surface area contributed by atoms with Crippen molar-refractivity contribution in [2.24, 2.45) is 5.73 Å². The second-order valence-corrected chi connectivity index (χ2v) is 3.72. The normalized spacial score (nSPS) is 12.5. The summed E-state index contributed by atoms with van der Waals surface area (Å²) >= 11 is 0. The second kappa shape index (κ2) is 6.71. The van der Waals surface area contributed by atoms with Gasteiger partial charge in [0.2, 0.25) is 0 Å². The predicted octanol–water partition coefficient (Wildman–Crippen LogP) is 1.20. The maximum absolute atomic E-state index is 10.3. The van der Waals surface area contributed by atoms with E-state index in [4.69, 9.17) is 10.5 Å². The molecule has 2 N–H and O–H groups in total. The minimum atomic E-state index is -0.703. The molecule has 1 amide bonds. The number of nitrogens with two attached hydrogens (primary N) is 1. The Morgan fingerprint density at radius 1 is 1.38 bits per heavy atom. The Morgan fingerprint density at radius 2 is 1.77 bits per heavy atom. The smallest absolute Gasteiger partial charge is 0.404 e. The third-order valence-corrected chi connectivity index (χ3v) is 1.12. The molecule has 0 aromatic rings. The number of amides is 1. The summed E-state index contributed by atoms with van der Waals surface area (Å²) in [6, 6.07) is 0. The number of rotatable bonds is 3. The van der Waals surface area contributed by atoms with E-state index < -0.39 is 6.09 Å². The molecule has 0 aromatic carbocycles. The van der Waals surface area contributed by atoms with Gasteiger partial charge >= 0.3 is 6.09 Å². The predicted molar refractivity (Wildman–Crippen MR) is 54.4 cm³/mol. The lowest BCUT2D eigenvalue weighted by Gasteiger charge is -2.26. The van der Waals surface area contributed by atoms with Gasteiger partial charge in [-0.15, -0.1) is 0 Å². The summed E-state index contributed by atoms with van der Waals surface area (Å²) < 4.78 is 5.51. The van der Waals surface area contributed by atoms with Crippen LogP contribution < -0.4 is 5.73 Å². The first-order valence-electron chi connectivity index (χ1n) is 4.58. The lowest BCUT2D eigenvalue weighted by Crippen LogP contribution is -2.42. The third kappa shape index (κ3) is 14.1. The Morgan fingerprint density at radius 3 is 2.00 bits per heavy atom. The van der Waals surface area contributed by atoms with Crippen molar-refractivity contribution in [2.75, 3.05) is 27.7 Å². The van der Waals surface area contributed by atoms with Crippen LogP contribution in [0.2, 0.25) is 0 Å². The van der Waals surface area contributed by atoms with Crippen LogP contribution in [0.15, 0.2) is 0 Å². The zero-order chi connectivity index (χ0) is 11.1. The Hall–Kier alpha value is -0.770. The van der Waals surface area contributed by atoms with Gasteiger partial charge in [0, 0.05) is 0 Å². The molecule has 0 rings (SSSR count). The van der Waals surface area contributed by atoms with Crippen molar-refractivity contribution in [3.8, 4) is 0 Å².